The second-order valence-electron chi connectivity index (χ2n) is 6.51. The summed E-state index contributed by atoms with van der Waals surface area (Å²) in [5.41, 5.74) is 2.03. The number of amides is 1. The fourth-order valence-electron chi connectivity index (χ4n) is 2.68. The number of aryl methyl sites for hydroxylation is 2. The molecule has 0 bridgehead atoms. The zero-order valence-corrected chi connectivity index (χ0v) is 15.7. The van der Waals surface area contributed by atoms with Crippen molar-refractivity contribution in [3.63, 3.8) is 0 Å². The average molecular weight is 357 g/mol. The van der Waals surface area contributed by atoms with Crippen LogP contribution >= 0.6 is 11.8 Å². The Morgan fingerprint density at radius 3 is 2.80 bits per heavy atom. The summed E-state index contributed by atoms with van der Waals surface area (Å²) in [6.07, 6.45) is 4.59. The Morgan fingerprint density at radius 2 is 2.08 bits per heavy atom. The minimum Gasteiger partial charge on any atom is -0.365 e. The lowest BCUT2D eigenvalue weighted by Crippen LogP contribution is -2.45. The number of carbonyl (C=O) groups is 1. The number of nitrogens with zero attached hydrogens (tertiary/aromatic N) is 2. The van der Waals surface area contributed by atoms with Gasteiger partial charge in [0.2, 0.25) is 0 Å². The number of nitrogens with one attached hydrogen (secondary N) is 1. The molecule has 5 nitrogen and oxygen atoms in total. The first-order valence-electron chi connectivity index (χ1n) is 8.50. The molecule has 25 heavy (non-hydrogen) atoms. The predicted octanol–water partition coefficient (Wildman–Crippen LogP) is 4.14. The van der Waals surface area contributed by atoms with Crippen LogP contribution in [0.25, 0.3) is 0 Å². The van der Waals surface area contributed by atoms with Crippen LogP contribution in [0.4, 0.5) is 5.69 Å². The van der Waals surface area contributed by atoms with E-state index < -0.39 is 5.60 Å². The van der Waals surface area contributed by atoms with Crippen molar-refractivity contribution in [2.24, 2.45) is 0 Å². The molecule has 2 aromatic rings. The first kappa shape index (κ1) is 17.9. The Balaban J connectivity index is 1.78. The third-order valence-corrected chi connectivity index (χ3v) is 5.44. The van der Waals surface area contributed by atoms with Crippen LogP contribution in [0.3, 0.4) is 0 Å². The number of hydrogen-bond donors (Lipinski definition) is 1. The van der Waals surface area contributed by atoms with Gasteiger partial charge in [0.15, 0.2) is 5.16 Å². The van der Waals surface area contributed by atoms with Crippen LogP contribution in [0.15, 0.2) is 40.5 Å². The Morgan fingerprint density at radius 1 is 1.28 bits per heavy atom. The van der Waals surface area contributed by atoms with Gasteiger partial charge in [-0.1, -0.05) is 12.1 Å². The minimum absolute atomic E-state index is 0.0961. The Bertz CT molecular complexity index is 773. The van der Waals surface area contributed by atoms with Crippen molar-refractivity contribution in [3.8, 4) is 0 Å². The molecule has 1 saturated heterocycles. The summed E-state index contributed by atoms with van der Waals surface area (Å²) in [6, 6.07) is 7.71. The summed E-state index contributed by atoms with van der Waals surface area (Å²) >= 11 is 1.45. The molecule has 1 N–H and O–H groups in total. The predicted molar refractivity (Wildman–Crippen MR) is 98.9 cm³/mol. The molecule has 1 aromatic carbocycles. The molecule has 0 spiro atoms. The largest absolute Gasteiger partial charge is 0.365 e. The zero-order valence-electron chi connectivity index (χ0n) is 14.8. The van der Waals surface area contributed by atoms with Crippen LogP contribution in [0, 0.1) is 13.8 Å². The van der Waals surface area contributed by atoms with Crippen molar-refractivity contribution < 1.29 is 9.53 Å². The van der Waals surface area contributed by atoms with E-state index in [9.17, 15) is 4.79 Å². The average Bonchev–Trinajstić information content (AvgIpc) is 2.60. The molecule has 0 saturated carbocycles. The highest BCUT2D eigenvalue weighted by Crippen LogP contribution is 2.33. The molecule has 1 unspecified atom stereocenters. The van der Waals surface area contributed by atoms with Crippen LogP contribution in [0.2, 0.25) is 0 Å². The number of hydrogen-bond acceptors (Lipinski definition) is 5. The van der Waals surface area contributed by atoms with Gasteiger partial charge in [-0.15, -0.1) is 0 Å². The van der Waals surface area contributed by atoms with Gasteiger partial charge < -0.3 is 10.1 Å². The van der Waals surface area contributed by atoms with Gasteiger partial charge in [0.1, 0.15) is 5.60 Å². The molecule has 6 heteroatoms. The number of ether oxygens (including phenoxy) is 1. The number of benzene rings is 1. The molecule has 0 aliphatic carbocycles. The van der Waals surface area contributed by atoms with E-state index in [2.05, 4.69) is 15.3 Å². The topological polar surface area (TPSA) is 64.1 Å². The molecule has 1 aliphatic rings. The second kappa shape index (κ2) is 7.54. The maximum absolute atomic E-state index is 12.7. The van der Waals surface area contributed by atoms with Gasteiger partial charge in [-0.2, -0.15) is 0 Å². The second-order valence-corrected chi connectivity index (χ2v) is 7.52. The zero-order chi connectivity index (χ0) is 17.9. The highest BCUT2D eigenvalue weighted by Gasteiger charge is 2.36. The lowest BCUT2D eigenvalue weighted by Gasteiger charge is -2.32. The molecule has 3 rings (SSSR count). The lowest BCUT2D eigenvalue weighted by molar-refractivity contribution is -0.144. The Labute approximate surface area is 152 Å². The first-order valence-corrected chi connectivity index (χ1v) is 9.32. The van der Waals surface area contributed by atoms with E-state index in [1.807, 2.05) is 51.2 Å². The maximum atomic E-state index is 12.7. The summed E-state index contributed by atoms with van der Waals surface area (Å²) < 4.78 is 5.74. The number of aromatic nitrogens is 2. The highest BCUT2D eigenvalue weighted by atomic mass is 32.2. The van der Waals surface area contributed by atoms with Gasteiger partial charge in [-0.05, 0) is 69.5 Å². The fourth-order valence-corrected chi connectivity index (χ4v) is 3.54. The van der Waals surface area contributed by atoms with E-state index in [1.54, 1.807) is 0 Å². The van der Waals surface area contributed by atoms with Crippen molar-refractivity contribution in [2.45, 2.75) is 55.7 Å². The van der Waals surface area contributed by atoms with E-state index in [1.165, 1.54) is 11.8 Å². The van der Waals surface area contributed by atoms with Crippen LogP contribution in [-0.2, 0) is 9.53 Å². The summed E-state index contributed by atoms with van der Waals surface area (Å²) in [7, 11) is 0. The van der Waals surface area contributed by atoms with E-state index in [0.29, 0.717) is 11.8 Å². The van der Waals surface area contributed by atoms with Gasteiger partial charge in [-0.25, -0.2) is 9.97 Å². The molecule has 132 valence electrons. The summed E-state index contributed by atoms with van der Waals surface area (Å²) in [6.45, 7) is 6.46. The normalized spacial score (nSPS) is 20.3. The van der Waals surface area contributed by atoms with E-state index in [0.717, 1.165) is 41.1 Å². The summed E-state index contributed by atoms with van der Waals surface area (Å²) in [4.78, 5) is 22.5. The molecular formula is C19H23N3O2S. The molecule has 1 atom stereocenters. The number of para-hydroxylation sites is 1. The van der Waals surface area contributed by atoms with Crippen LogP contribution in [0.1, 0.15) is 37.4 Å². The van der Waals surface area contributed by atoms with E-state index in [-0.39, 0.29) is 5.91 Å². The number of carbonyl (C=O) groups excluding carboxylic acids is 1. The SMILES string of the molecule is Cc1cnc(Sc2ccccc2NC(=O)C2(C)CCCCO2)nc1C. The van der Waals surface area contributed by atoms with E-state index in [4.69, 9.17) is 4.74 Å². The molecule has 1 amide bonds. The van der Waals surface area contributed by atoms with E-state index >= 15 is 0 Å². The van der Waals surface area contributed by atoms with Crippen molar-refractivity contribution in [3.05, 3.63) is 41.7 Å². The maximum Gasteiger partial charge on any atom is 0.256 e. The van der Waals surface area contributed by atoms with Crippen molar-refractivity contribution in [1.29, 1.82) is 0 Å². The molecular weight excluding hydrogens is 334 g/mol. The van der Waals surface area contributed by atoms with Crippen molar-refractivity contribution in [1.82, 2.24) is 9.97 Å². The van der Waals surface area contributed by atoms with Gasteiger partial charge >= 0.3 is 0 Å². The lowest BCUT2D eigenvalue weighted by atomic mass is 9.95. The fraction of sp³-hybridized carbons (Fsp3) is 0.421. The summed E-state index contributed by atoms with van der Waals surface area (Å²) in [5.74, 6) is -0.0961. The quantitative estimate of drug-likeness (QED) is 0.833. The molecule has 1 aromatic heterocycles. The van der Waals surface area contributed by atoms with Crippen LogP contribution in [0.5, 0.6) is 0 Å². The molecule has 2 heterocycles. The third kappa shape index (κ3) is 4.19. The van der Waals surface area contributed by atoms with Gasteiger partial charge in [0, 0.05) is 23.4 Å². The molecule has 0 radical (unpaired) electrons. The molecule has 1 aliphatic heterocycles. The monoisotopic (exact) mass is 357 g/mol. The van der Waals surface area contributed by atoms with Gasteiger partial charge in [0.25, 0.3) is 5.91 Å². The van der Waals surface area contributed by atoms with Crippen molar-refractivity contribution in [2.75, 3.05) is 11.9 Å². The third-order valence-electron chi connectivity index (χ3n) is 4.49. The Kier molecular flexibility index (Phi) is 5.39. The standard InChI is InChI=1S/C19H23N3O2S/c1-13-12-20-18(21-14(13)2)25-16-9-5-4-8-15(16)22-17(23)19(3)10-6-7-11-24-19/h4-5,8-9,12H,6-7,10-11H2,1-3H3,(H,22,23). The summed E-state index contributed by atoms with van der Waals surface area (Å²) in [5, 5.41) is 3.70. The first-order chi connectivity index (χ1) is 12.0. The number of rotatable bonds is 4. The Hall–Kier alpha value is -1.92. The van der Waals surface area contributed by atoms with Gasteiger partial charge in [0.05, 0.1) is 5.69 Å². The molecule has 1 fully saturated rings. The minimum atomic E-state index is -0.757. The van der Waals surface area contributed by atoms with Crippen LogP contribution < -0.4 is 5.32 Å². The van der Waals surface area contributed by atoms with Crippen molar-refractivity contribution >= 4 is 23.4 Å². The van der Waals surface area contributed by atoms with Gasteiger partial charge in [-0.3, -0.25) is 4.79 Å². The smallest absolute Gasteiger partial charge is 0.256 e. The number of anilines is 1. The highest BCUT2D eigenvalue weighted by molar-refractivity contribution is 7.99. The van der Waals surface area contributed by atoms with Crippen LogP contribution in [-0.4, -0.2) is 28.1 Å².